The summed E-state index contributed by atoms with van der Waals surface area (Å²) in [5, 5.41) is 1.14. The Morgan fingerprint density at radius 3 is 2.56 bits per heavy atom. The highest BCUT2D eigenvalue weighted by molar-refractivity contribution is 6.33. The fraction of sp³-hybridized carbons (Fsp3) is 0.500. The van der Waals surface area contributed by atoms with Crippen LogP contribution in [0.5, 0.6) is 0 Å². The highest BCUT2D eigenvalue weighted by Gasteiger charge is 2.23. The lowest BCUT2D eigenvalue weighted by atomic mass is 9.97. The van der Waals surface area contributed by atoms with Gasteiger partial charge in [-0.15, -0.1) is 0 Å². The zero-order valence-electron chi connectivity index (χ0n) is 10.9. The molecule has 0 radical (unpaired) electrons. The lowest BCUT2D eigenvalue weighted by molar-refractivity contribution is -0.132. The Bertz CT molecular complexity index is 416. The summed E-state index contributed by atoms with van der Waals surface area (Å²) in [4.78, 5) is 12.2. The van der Waals surface area contributed by atoms with Crippen LogP contribution in [0.15, 0.2) is 18.2 Å². The van der Waals surface area contributed by atoms with E-state index in [0.29, 0.717) is 16.7 Å². The molecule has 0 amide bonds. The second-order valence-electron chi connectivity index (χ2n) is 4.50. The summed E-state index contributed by atoms with van der Waals surface area (Å²) < 4.78 is 5.48. The Kier molecular flexibility index (Phi) is 6.13. The minimum Gasteiger partial charge on any atom is -0.370 e. The lowest BCUT2D eigenvalue weighted by Crippen LogP contribution is -2.31. The maximum Gasteiger partial charge on any atom is 0.166 e. The van der Waals surface area contributed by atoms with Crippen LogP contribution in [-0.4, -0.2) is 18.5 Å². The largest absolute Gasteiger partial charge is 0.370 e. The Hall–Kier alpha value is -0.570. The summed E-state index contributed by atoms with van der Waals surface area (Å²) in [6.45, 7) is 6.35. The van der Waals surface area contributed by atoms with Crippen LogP contribution in [0.4, 0.5) is 0 Å². The first-order valence-electron chi connectivity index (χ1n) is 6.04. The quantitative estimate of drug-likeness (QED) is 0.785. The van der Waals surface area contributed by atoms with Gasteiger partial charge < -0.3 is 4.74 Å². The average Bonchev–Trinajstić information content (AvgIpc) is 2.30. The molecule has 0 aliphatic carbocycles. The van der Waals surface area contributed by atoms with E-state index in [9.17, 15) is 4.79 Å². The normalized spacial score (nSPS) is 12.8. The van der Waals surface area contributed by atoms with Gasteiger partial charge in [-0.2, -0.15) is 0 Å². The molecule has 0 bridgehead atoms. The molecule has 1 atom stereocenters. The van der Waals surface area contributed by atoms with E-state index in [1.165, 1.54) is 0 Å². The van der Waals surface area contributed by atoms with Crippen molar-refractivity contribution in [2.45, 2.75) is 33.3 Å². The molecule has 0 fully saturated rings. The maximum atomic E-state index is 12.2. The van der Waals surface area contributed by atoms with E-state index in [0.717, 1.165) is 5.56 Å². The van der Waals surface area contributed by atoms with Crippen molar-refractivity contribution in [3.63, 3.8) is 0 Å². The van der Waals surface area contributed by atoms with Gasteiger partial charge in [-0.1, -0.05) is 37.0 Å². The number of ether oxygens (including phenoxy) is 1. The molecule has 18 heavy (non-hydrogen) atoms. The van der Waals surface area contributed by atoms with Gasteiger partial charge in [0.05, 0.1) is 0 Å². The van der Waals surface area contributed by atoms with Crippen molar-refractivity contribution in [3.8, 4) is 0 Å². The molecular weight excluding hydrogens is 271 g/mol. The topological polar surface area (TPSA) is 26.3 Å². The number of hydrogen-bond donors (Lipinski definition) is 0. The fourth-order valence-electron chi connectivity index (χ4n) is 1.80. The Morgan fingerprint density at radius 2 is 2.00 bits per heavy atom. The van der Waals surface area contributed by atoms with E-state index in [4.69, 9.17) is 27.9 Å². The number of rotatable bonds is 6. The predicted octanol–water partition coefficient (Wildman–Crippen LogP) is 4.17. The van der Waals surface area contributed by atoms with Crippen LogP contribution in [0.25, 0.3) is 0 Å². The molecule has 0 aromatic heterocycles. The molecule has 1 unspecified atom stereocenters. The van der Waals surface area contributed by atoms with Crippen LogP contribution in [0.3, 0.4) is 0 Å². The molecule has 0 aliphatic heterocycles. The van der Waals surface area contributed by atoms with E-state index >= 15 is 0 Å². The second-order valence-corrected chi connectivity index (χ2v) is 5.34. The summed E-state index contributed by atoms with van der Waals surface area (Å²) in [5.41, 5.74) is 0.750. The minimum atomic E-state index is -0.384. The van der Waals surface area contributed by atoms with Crippen LogP contribution >= 0.6 is 23.2 Å². The molecule has 1 aromatic carbocycles. The highest BCUT2D eigenvalue weighted by Crippen LogP contribution is 2.22. The number of carbonyl (C=O) groups excluding carboxylic acids is 1. The molecule has 0 heterocycles. The molecule has 0 aliphatic rings. The van der Waals surface area contributed by atoms with Crippen molar-refractivity contribution in [1.29, 1.82) is 0 Å². The third-order valence-corrected chi connectivity index (χ3v) is 3.25. The number of benzene rings is 1. The Balaban J connectivity index is 2.82. The van der Waals surface area contributed by atoms with Crippen LogP contribution in [-0.2, 0) is 16.0 Å². The van der Waals surface area contributed by atoms with Crippen molar-refractivity contribution < 1.29 is 9.53 Å². The molecule has 0 N–H and O–H groups in total. The first-order valence-corrected chi connectivity index (χ1v) is 6.79. The third-order valence-electron chi connectivity index (χ3n) is 2.64. The van der Waals surface area contributed by atoms with Gasteiger partial charge in [0, 0.05) is 23.1 Å². The van der Waals surface area contributed by atoms with E-state index < -0.39 is 0 Å². The zero-order chi connectivity index (χ0) is 13.7. The standard InChI is InChI=1S/C14H18Cl2O2/c1-4-18-14(9(2)3)13(17)8-10-7-11(15)5-6-12(10)16/h5-7,9,14H,4,8H2,1-3H3. The first kappa shape index (κ1) is 15.5. The van der Waals surface area contributed by atoms with Crippen molar-refractivity contribution in [2.24, 2.45) is 5.92 Å². The fourth-order valence-corrected chi connectivity index (χ4v) is 2.18. The second kappa shape index (κ2) is 7.13. The van der Waals surface area contributed by atoms with Crippen molar-refractivity contribution in [3.05, 3.63) is 33.8 Å². The van der Waals surface area contributed by atoms with Gasteiger partial charge in [-0.05, 0) is 36.6 Å². The summed E-state index contributed by atoms with van der Waals surface area (Å²) >= 11 is 12.0. The number of halogens is 2. The molecule has 0 saturated heterocycles. The lowest BCUT2D eigenvalue weighted by Gasteiger charge is -2.19. The first-order chi connectivity index (χ1) is 8.45. The maximum absolute atomic E-state index is 12.2. The molecular formula is C14H18Cl2O2. The van der Waals surface area contributed by atoms with Gasteiger partial charge in [-0.3, -0.25) is 4.79 Å². The number of hydrogen-bond acceptors (Lipinski definition) is 2. The van der Waals surface area contributed by atoms with E-state index in [1.54, 1.807) is 18.2 Å². The van der Waals surface area contributed by atoms with Crippen LogP contribution in [0.2, 0.25) is 10.0 Å². The molecule has 1 rings (SSSR count). The van der Waals surface area contributed by atoms with Gasteiger partial charge >= 0.3 is 0 Å². The molecule has 100 valence electrons. The van der Waals surface area contributed by atoms with E-state index in [1.807, 2.05) is 20.8 Å². The smallest absolute Gasteiger partial charge is 0.166 e. The number of Topliss-reactive ketones (excluding diaryl/α,β-unsaturated/α-hetero) is 1. The molecule has 4 heteroatoms. The number of carbonyl (C=O) groups is 1. The van der Waals surface area contributed by atoms with Gasteiger partial charge in [0.15, 0.2) is 5.78 Å². The molecule has 0 spiro atoms. The van der Waals surface area contributed by atoms with Crippen LogP contribution < -0.4 is 0 Å². The number of ketones is 1. The monoisotopic (exact) mass is 288 g/mol. The van der Waals surface area contributed by atoms with Gasteiger partial charge in [0.1, 0.15) is 6.10 Å². The summed E-state index contributed by atoms with van der Waals surface area (Å²) in [5.74, 6) is 0.187. The predicted molar refractivity (Wildman–Crippen MR) is 75.4 cm³/mol. The summed E-state index contributed by atoms with van der Waals surface area (Å²) in [6.07, 6.45) is -0.132. The molecule has 2 nitrogen and oxygen atoms in total. The van der Waals surface area contributed by atoms with E-state index in [-0.39, 0.29) is 24.2 Å². The van der Waals surface area contributed by atoms with Crippen molar-refractivity contribution >= 4 is 29.0 Å². The minimum absolute atomic E-state index is 0.0380. The zero-order valence-corrected chi connectivity index (χ0v) is 12.4. The van der Waals surface area contributed by atoms with Crippen LogP contribution in [0.1, 0.15) is 26.3 Å². The summed E-state index contributed by atoms with van der Waals surface area (Å²) in [7, 11) is 0. The Labute approximate surface area is 118 Å². The van der Waals surface area contributed by atoms with Gasteiger partial charge in [0.25, 0.3) is 0 Å². The third kappa shape index (κ3) is 4.27. The Morgan fingerprint density at radius 1 is 1.33 bits per heavy atom. The SMILES string of the molecule is CCOC(C(=O)Cc1cc(Cl)ccc1Cl)C(C)C. The van der Waals surface area contributed by atoms with E-state index in [2.05, 4.69) is 0 Å². The molecule has 0 saturated carbocycles. The van der Waals surface area contributed by atoms with Gasteiger partial charge in [0.2, 0.25) is 0 Å². The summed E-state index contributed by atoms with van der Waals surface area (Å²) in [6, 6.07) is 5.14. The van der Waals surface area contributed by atoms with Crippen molar-refractivity contribution in [2.75, 3.05) is 6.61 Å². The van der Waals surface area contributed by atoms with Crippen LogP contribution in [0, 0.1) is 5.92 Å². The average molecular weight is 289 g/mol. The van der Waals surface area contributed by atoms with Crippen molar-refractivity contribution in [1.82, 2.24) is 0 Å². The van der Waals surface area contributed by atoms with Gasteiger partial charge in [-0.25, -0.2) is 0 Å². The highest BCUT2D eigenvalue weighted by atomic mass is 35.5. The molecule has 1 aromatic rings.